The molecule has 0 aliphatic rings. The van der Waals surface area contributed by atoms with E-state index in [2.05, 4.69) is 13.8 Å². The van der Waals surface area contributed by atoms with Gasteiger partial charge < -0.3 is 9.90 Å². The minimum Gasteiger partial charge on any atom is -0.550 e. The number of carboxylic acids is 1. The first-order chi connectivity index (χ1) is 5.16. The molecule has 0 aromatic carbocycles. The Labute approximate surface area is 68.6 Å². The summed E-state index contributed by atoms with van der Waals surface area (Å²) in [4.78, 5) is 10.1. The van der Waals surface area contributed by atoms with Crippen LogP contribution in [0.3, 0.4) is 0 Å². The van der Waals surface area contributed by atoms with Crippen molar-refractivity contribution in [1.29, 1.82) is 0 Å². The molecule has 0 N–H and O–H groups in total. The lowest BCUT2D eigenvalue weighted by Gasteiger charge is -2.10. The van der Waals surface area contributed by atoms with Crippen molar-refractivity contribution in [2.24, 2.45) is 5.92 Å². The molecular formula is C9H17O2-. The lowest BCUT2D eigenvalue weighted by Crippen LogP contribution is -2.22. The molecule has 0 aromatic rings. The zero-order chi connectivity index (χ0) is 8.69. The fourth-order valence-electron chi connectivity index (χ4n) is 1.06. The number of hydrogen-bond donors (Lipinski definition) is 0. The summed E-state index contributed by atoms with van der Waals surface area (Å²) in [6.45, 7) is 4.24. The molecule has 0 aliphatic heterocycles. The monoisotopic (exact) mass is 157 g/mol. The molecule has 0 amide bonds. The summed E-state index contributed by atoms with van der Waals surface area (Å²) in [5, 5.41) is 10.1. The van der Waals surface area contributed by atoms with Crippen LogP contribution in [-0.4, -0.2) is 5.97 Å². The lowest BCUT2D eigenvalue weighted by atomic mass is 9.99. The fourth-order valence-corrected chi connectivity index (χ4v) is 1.06. The molecule has 0 heterocycles. The van der Waals surface area contributed by atoms with Gasteiger partial charge in [0.1, 0.15) is 0 Å². The van der Waals surface area contributed by atoms with Gasteiger partial charge in [-0.25, -0.2) is 0 Å². The van der Waals surface area contributed by atoms with Gasteiger partial charge in [-0.3, -0.25) is 0 Å². The summed E-state index contributed by atoms with van der Waals surface area (Å²) >= 11 is 0. The first-order valence-corrected chi connectivity index (χ1v) is 4.36. The Balaban J connectivity index is 3.22. The fraction of sp³-hybridized carbons (Fsp3) is 0.889. The Morgan fingerprint density at radius 1 is 1.45 bits per heavy atom. The number of unbranched alkanes of at least 4 members (excludes halogenated alkanes) is 1. The van der Waals surface area contributed by atoms with Crippen LogP contribution < -0.4 is 5.11 Å². The molecular weight excluding hydrogens is 140 g/mol. The summed E-state index contributed by atoms with van der Waals surface area (Å²) in [7, 11) is 0. The molecule has 66 valence electrons. The molecule has 0 aliphatic carbocycles. The molecule has 2 nitrogen and oxygen atoms in total. The highest BCUT2D eigenvalue weighted by Crippen LogP contribution is 2.12. The van der Waals surface area contributed by atoms with Crippen LogP contribution >= 0.6 is 0 Å². The van der Waals surface area contributed by atoms with Gasteiger partial charge in [-0.15, -0.1) is 0 Å². The lowest BCUT2D eigenvalue weighted by molar-refractivity contribution is -0.306. The molecule has 0 saturated heterocycles. The van der Waals surface area contributed by atoms with Gasteiger partial charge in [0.25, 0.3) is 0 Å². The average molecular weight is 157 g/mol. The maximum atomic E-state index is 10.1. The normalized spacial score (nSPS) is 12.9. The molecule has 0 unspecified atom stereocenters. The number of carbonyl (C=O) groups excluding carboxylic acids is 1. The van der Waals surface area contributed by atoms with Gasteiger partial charge in [0.2, 0.25) is 0 Å². The number of carboxylic acid groups (broad SMARTS) is 1. The smallest absolute Gasteiger partial charge is 0.0414 e. The van der Waals surface area contributed by atoms with Crippen LogP contribution in [0, 0.1) is 5.92 Å². The zero-order valence-corrected chi connectivity index (χ0v) is 7.43. The van der Waals surface area contributed by atoms with Gasteiger partial charge in [-0.1, -0.05) is 33.1 Å². The van der Waals surface area contributed by atoms with Gasteiger partial charge in [0.05, 0.1) is 0 Å². The minimum absolute atomic E-state index is 0.213. The summed E-state index contributed by atoms with van der Waals surface area (Å²) < 4.78 is 0. The van der Waals surface area contributed by atoms with E-state index in [4.69, 9.17) is 0 Å². The second-order valence-corrected chi connectivity index (χ2v) is 3.16. The summed E-state index contributed by atoms with van der Waals surface area (Å²) in [5.41, 5.74) is 0. The van der Waals surface area contributed by atoms with Gasteiger partial charge in [0, 0.05) is 5.97 Å². The first kappa shape index (κ1) is 10.5. The summed E-state index contributed by atoms with van der Waals surface area (Å²) in [5.74, 6) is -0.388. The van der Waals surface area contributed by atoms with Crippen LogP contribution in [0.1, 0.15) is 46.0 Å². The maximum absolute atomic E-state index is 10.1. The van der Waals surface area contributed by atoms with Crippen LogP contribution in [0.15, 0.2) is 0 Å². The average Bonchev–Trinajstić information content (AvgIpc) is 1.97. The van der Waals surface area contributed by atoms with Crippen molar-refractivity contribution < 1.29 is 9.90 Å². The molecule has 0 saturated carbocycles. The molecule has 1 atom stereocenters. The molecule has 0 radical (unpaired) electrons. The molecule has 11 heavy (non-hydrogen) atoms. The van der Waals surface area contributed by atoms with E-state index in [9.17, 15) is 9.90 Å². The first-order valence-electron chi connectivity index (χ1n) is 4.36. The quantitative estimate of drug-likeness (QED) is 0.583. The van der Waals surface area contributed by atoms with Crippen molar-refractivity contribution in [1.82, 2.24) is 0 Å². The van der Waals surface area contributed by atoms with E-state index in [0.717, 1.165) is 12.8 Å². The highest BCUT2D eigenvalue weighted by molar-refractivity contribution is 5.64. The Kier molecular flexibility index (Phi) is 5.90. The van der Waals surface area contributed by atoms with Gasteiger partial charge in [-0.05, 0) is 18.8 Å². The second kappa shape index (κ2) is 6.20. The largest absolute Gasteiger partial charge is 0.550 e. The van der Waals surface area contributed by atoms with Crippen LogP contribution in [0.4, 0.5) is 0 Å². The van der Waals surface area contributed by atoms with Crippen LogP contribution in [0.25, 0.3) is 0 Å². The molecule has 0 aromatic heterocycles. The summed E-state index contributed by atoms with van der Waals surface area (Å²) in [6, 6.07) is 0. The zero-order valence-electron chi connectivity index (χ0n) is 7.43. The predicted molar refractivity (Wildman–Crippen MR) is 42.9 cm³/mol. The maximum Gasteiger partial charge on any atom is 0.0414 e. The summed E-state index contributed by atoms with van der Waals surface area (Å²) in [6.07, 6.45) is 4.51. The van der Waals surface area contributed by atoms with Crippen LogP contribution in [0.5, 0.6) is 0 Å². The van der Waals surface area contributed by atoms with Gasteiger partial charge in [0.15, 0.2) is 0 Å². The standard InChI is InChI=1S/C9H18O2/c1-3-4-5-8(2)6-7-9(10)11/h8H,3-7H2,1-2H3,(H,10,11)/p-1/t8-/m1/s1. The van der Waals surface area contributed by atoms with Crippen LogP contribution in [-0.2, 0) is 4.79 Å². The van der Waals surface area contributed by atoms with Crippen molar-refractivity contribution in [3.8, 4) is 0 Å². The van der Waals surface area contributed by atoms with E-state index in [0.29, 0.717) is 5.92 Å². The third-order valence-electron chi connectivity index (χ3n) is 1.89. The highest BCUT2D eigenvalue weighted by atomic mass is 16.4. The second-order valence-electron chi connectivity index (χ2n) is 3.16. The predicted octanol–water partition coefficient (Wildman–Crippen LogP) is 1.34. The van der Waals surface area contributed by atoms with Gasteiger partial charge in [-0.2, -0.15) is 0 Å². The molecule has 0 bridgehead atoms. The number of rotatable bonds is 6. The van der Waals surface area contributed by atoms with Gasteiger partial charge >= 0.3 is 0 Å². The van der Waals surface area contributed by atoms with Crippen molar-refractivity contribution in [3.63, 3.8) is 0 Å². The van der Waals surface area contributed by atoms with E-state index < -0.39 is 5.97 Å². The molecule has 0 rings (SSSR count). The van der Waals surface area contributed by atoms with E-state index in [-0.39, 0.29) is 6.42 Å². The minimum atomic E-state index is -0.923. The van der Waals surface area contributed by atoms with Crippen LogP contribution in [0.2, 0.25) is 0 Å². The van der Waals surface area contributed by atoms with Crippen molar-refractivity contribution in [2.75, 3.05) is 0 Å². The SMILES string of the molecule is CCCC[C@@H](C)CCC(=O)[O-]. The van der Waals surface area contributed by atoms with E-state index in [1.165, 1.54) is 12.8 Å². The number of hydrogen-bond acceptors (Lipinski definition) is 2. The van der Waals surface area contributed by atoms with E-state index >= 15 is 0 Å². The Morgan fingerprint density at radius 3 is 2.55 bits per heavy atom. The van der Waals surface area contributed by atoms with Crippen molar-refractivity contribution in [3.05, 3.63) is 0 Å². The number of carbonyl (C=O) groups is 1. The van der Waals surface area contributed by atoms with Crippen molar-refractivity contribution >= 4 is 5.97 Å². The Morgan fingerprint density at radius 2 is 2.09 bits per heavy atom. The highest BCUT2D eigenvalue weighted by Gasteiger charge is 2.00. The topological polar surface area (TPSA) is 40.1 Å². The van der Waals surface area contributed by atoms with E-state index in [1.807, 2.05) is 0 Å². The van der Waals surface area contributed by atoms with E-state index in [1.54, 1.807) is 0 Å². The number of aliphatic carboxylic acids is 1. The third kappa shape index (κ3) is 7.37. The molecule has 2 heteroatoms. The Hall–Kier alpha value is -0.530. The van der Waals surface area contributed by atoms with Crippen molar-refractivity contribution in [2.45, 2.75) is 46.0 Å². The Bertz CT molecular complexity index is 110. The molecule has 0 spiro atoms. The third-order valence-corrected chi connectivity index (χ3v) is 1.89. The molecule has 0 fully saturated rings.